The van der Waals surface area contributed by atoms with Crippen molar-refractivity contribution in [1.29, 1.82) is 0 Å². The quantitative estimate of drug-likeness (QED) is 0.347. The predicted molar refractivity (Wildman–Crippen MR) is 129 cm³/mol. The molecular formula is C22H21ClF3N5O5S. The standard InChI is InChI=1S/C22H21ClF3N5O5S/c1-13(2)35-18-9-8-16(37(33,34)31(3)36-21(32)22(24,25)26)10-17(18)30-20-11-19(27-12-28-20)29-15-6-4-14(23)5-7-15/h4-13H,1-3H3,(H2,27,28,29,30). The maximum atomic E-state index is 12.8. The molecule has 1 heterocycles. The van der Waals surface area contributed by atoms with Crippen molar-refractivity contribution < 1.29 is 36.0 Å². The molecule has 37 heavy (non-hydrogen) atoms. The second-order valence-corrected chi connectivity index (χ2v) is 10.0. The van der Waals surface area contributed by atoms with Crippen LogP contribution in [0, 0.1) is 0 Å². The largest absolute Gasteiger partial charge is 0.492 e. The van der Waals surface area contributed by atoms with Crippen molar-refractivity contribution in [2.75, 3.05) is 17.7 Å². The Morgan fingerprint density at radius 1 is 1.03 bits per heavy atom. The maximum Gasteiger partial charge on any atom is 0.492 e. The lowest BCUT2D eigenvalue weighted by Gasteiger charge is -2.20. The number of halogens is 4. The number of anilines is 4. The lowest BCUT2D eigenvalue weighted by molar-refractivity contribution is -0.219. The molecule has 0 aliphatic heterocycles. The molecule has 0 atom stereocenters. The topological polar surface area (TPSA) is 123 Å². The van der Waals surface area contributed by atoms with E-state index < -0.39 is 27.1 Å². The zero-order valence-electron chi connectivity index (χ0n) is 19.6. The minimum absolute atomic E-state index is 0.126. The van der Waals surface area contributed by atoms with Gasteiger partial charge in [-0.15, -0.1) is 0 Å². The van der Waals surface area contributed by atoms with E-state index in [1.807, 2.05) is 0 Å². The van der Waals surface area contributed by atoms with Gasteiger partial charge in [-0.2, -0.15) is 13.2 Å². The van der Waals surface area contributed by atoms with Gasteiger partial charge in [0, 0.05) is 23.8 Å². The van der Waals surface area contributed by atoms with E-state index >= 15 is 0 Å². The minimum Gasteiger partial charge on any atom is -0.489 e. The molecule has 0 fully saturated rings. The van der Waals surface area contributed by atoms with Crippen molar-refractivity contribution in [2.24, 2.45) is 0 Å². The van der Waals surface area contributed by atoms with Crippen LogP contribution in [0.1, 0.15) is 13.8 Å². The van der Waals surface area contributed by atoms with Gasteiger partial charge in [0.1, 0.15) is 23.7 Å². The van der Waals surface area contributed by atoms with E-state index in [4.69, 9.17) is 16.3 Å². The molecule has 10 nitrogen and oxygen atoms in total. The highest BCUT2D eigenvalue weighted by Gasteiger charge is 2.43. The Hall–Kier alpha value is -3.62. The molecular weight excluding hydrogens is 539 g/mol. The molecule has 198 valence electrons. The molecule has 1 aromatic heterocycles. The number of hydrogen-bond donors (Lipinski definition) is 2. The second kappa shape index (κ2) is 11.2. The van der Waals surface area contributed by atoms with Gasteiger partial charge >= 0.3 is 12.1 Å². The Bertz CT molecular complexity index is 1370. The average Bonchev–Trinajstić information content (AvgIpc) is 2.81. The first kappa shape index (κ1) is 28.0. The third-order valence-corrected chi connectivity index (χ3v) is 6.29. The number of hydrogen-bond acceptors (Lipinski definition) is 9. The molecule has 15 heteroatoms. The van der Waals surface area contributed by atoms with Crippen LogP contribution in [-0.2, 0) is 19.7 Å². The van der Waals surface area contributed by atoms with E-state index in [9.17, 15) is 26.4 Å². The first-order chi connectivity index (χ1) is 17.3. The van der Waals surface area contributed by atoms with Crippen LogP contribution in [0.3, 0.4) is 0 Å². The summed E-state index contributed by atoms with van der Waals surface area (Å²) < 4.78 is 68.7. The fourth-order valence-electron chi connectivity index (χ4n) is 2.80. The molecule has 3 aromatic rings. The highest BCUT2D eigenvalue weighted by atomic mass is 35.5. The van der Waals surface area contributed by atoms with E-state index in [1.165, 1.54) is 18.5 Å². The SMILES string of the molecule is CC(C)Oc1ccc(S(=O)(=O)N(C)OC(=O)C(F)(F)F)cc1Nc1cc(Nc2ccc(Cl)cc2)ncn1. The van der Waals surface area contributed by atoms with Crippen molar-refractivity contribution in [3.63, 3.8) is 0 Å². The summed E-state index contributed by atoms with van der Waals surface area (Å²) in [6.07, 6.45) is -4.42. The molecule has 0 unspecified atom stereocenters. The average molecular weight is 560 g/mol. The predicted octanol–water partition coefficient (Wildman–Crippen LogP) is 5.05. The fraction of sp³-hybridized carbons (Fsp3) is 0.227. The number of alkyl halides is 3. The summed E-state index contributed by atoms with van der Waals surface area (Å²) in [6, 6.07) is 11.9. The summed E-state index contributed by atoms with van der Waals surface area (Å²) in [4.78, 5) is 22.8. The lowest BCUT2D eigenvalue weighted by Crippen LogP contribution is -2.36. The molecule has 0 spiro atoms. The summed E-state index contributed by atoms with van der Waals surface area (Å²) >= 11 is 5.89. The Morgan fingerprint density at radius 2 is 1.65 bits per heavy atom. The van der Waals surface area contributed by atoms with Crippen LogP contribution in [0.2, 0.25) is 5.02 Å². The molecule has 2 N–H and O–H groups in total. The smallest absolute Gasteiger partial charge is 0.489 e. The maximum absolute atomic E-state index is 12.8. The zero-order chi connectivity index (χ0) is 27.4. The Balaban J connectivity index is 1.90. The number of aromatic nitrogens is 2. The van der Waals surface area contributed by atoms with E-state index in [-0.39, 0.29) is 27.8 Å². The monoisotopic (exact) mass is 559 g/mol. The van der Waals surface area contributed by atoms with E-state index in [0.29, 0.717) is 23.6 Å². The molecule has 2 aromatic carbocycles. The van der Waals surface area contributed by atoms with Gasteiger partial charge in [0.2, 0.25) is 0 Å². The van der Waals surface area contributed by atoms with Crippen LogP contribution in [0.15, 0.2) is 59.8 Å². The summed E-state index contributed by atoms with van der Waals surface area (Å²) in [5.74, 6) is -1.81. The first-order valence-corrected chi connectivity index (χ1v) is 12.3. The van der Waals surface area contributed by atoms with Crippen LogP contribution in [-0.4, -0.2) is 48.2 Å². The Kier molecular flexibility index (Phi) is 8.46. The van der Waals surface area contributed by atoms with Gasteiger partial charge in [0.05, 0.1) is 16.7 Å². The van der Waals surface area contributed by atoms with E-state index in [0.717, 1.165) is 12.1 Å². The first-order valence-electron chi connectivity index (χ1n) is 10.5. The minimum atomic E-state index is -5.38. The summed E-state index contributed by atoms with van der Waals surface area (Å²) in [7, 11) is -4.00. The number of nitrogens with zero attached hydrogens (tertiary/aromatic N) is 3. The third kappa shape index (κ3) is 7.44. The number of benzene rings is 2. The van der Waals surface area contributed by atoms with Crippen molar-refractivity contribution in [1.82, 2.24) is 14.4 Å². The van der Waals surface area contributed by atoms with Crippen LogP contribution in [0.5, 0.6) is 5.75 Å². The molecule has 0 amide bonds. The summed E-state index contributed by atoms with van der Waals surface area (Å²) in [6.45, 7) is 3.50. The van der Waals surface area contributed by atoms with E-state index in [1.54, 1.807) is 38.1 Å². The number of rotatable bonds is 9. The van der Waals surface area contributed by atoms with Crippen LogP contribution in [0.25, 0.3) is 0 Å². The van der Waals surface area contributed by atoms with Crippen LogP contribution >= 0.6 is 11.6 Å². The van der Waals surface area contributed by atoms with Crippen molar-refractivity contribution in [3.8, 4) is 5.75 Å². The zero-order valence-corrected chi connectivity index (χ0v) is 21.1. The van der Waals surface area contributed by atoms with Gasteiger partial charge in [-0.1, -0.05) is 11.6 Å². The summed E-state index contributed by atoms with van der Waals surface area (Å²) in [5.41, 5.74) is 0.823. The lowest BCUT2D eigenvalue weighted by atomic mass is 10.2. The van der Waals surface area contributed by atoms with Gasteiger partial charge in [-0.25, -0.2) is 23.2 Å². The number of sulfonamides is 1. The number of carbonyl (C=O) groups is 1. The molecule has 0 saturated heterocycles. The Morgan fingerprint density at radius 3 is 2.24 bits per heavy atom. The molecule has 0 aliphatic carbocycles. The van der Waals surface area contributed by atoms with Crippen LogP contribution < -0.4 is 15.4 Å². The summed E-state index contributed by atoms with van der Waals surface area (Å²) in [5, 5.41) is 6.54. The number of carbonyl (C=O) groups excluding carboxylic acids is 1. The molecule has 0 saturated carbocycles. The second-order valence-electron chi connectivity index (χ2n) is 7.66. The normalized spacial score (nSPS) is 11.9. The van der Waals surface area contributed by atoms with E-state index in [2.05, 4.69) is 25.4 Å². The highest BCUT2D eigenvalue weighted by molar-refractivity contribution is 7.89. The number of hydroxylamine groups is 1. The van der Waals surface area contributed by atoms with Gasteiger partial charge in [-0.05, 0) is 60.8 Å². The van der Waals surface area contributed by atoms with Crippen molar-refractivity contribution >= 4 is 50.6 Å². The highest BCUT2D eigenvalue weighted by Crippen LogP contribution is 2.32. The molecule has 0 aliphatic rings. The Labute approximate surface area is 215 Å². The number of nitrogens with one attached hydrogen (secondary N) is 2. The van der Waals surface area contributed by atoms with Crippen LogP contribution in [0.4, 0.5) is 36.2 Å². The number of ether oxygens (including phenoxy) is 1. The van der Waals surface area contributed by atoms with Gasteiger partial charge in [0.15, 0.2) is 0 Å². The van der Waals surface area contributed by atoms with Gasteiger partial charge in [0.25, 0.3) is 10.0 Å². The molecule has 0 bridgehead atoms. The van der Waals surface area contributed by atoms with Crippen molar-refractivity contribution in [3.05, 3.63) is 59.9 Å². The van der Waals surface area contributed by atoms with Crippen molar-refractivity contribution in [2.45, 2.75) is 31.0 Å². The molecule has 3 rings (SSSR count). The third-order valence-electron chi connectivity index (χ3n) is 4.44. The van der Waals surface area contributed by atoms with Gasteiger partial charge < -0.3 is 20.2 Å². The fourth-order valence-corrected chi connectivity index (χ4v) is 3.90. The van der Waals surface area contributed by atoms with Gasteiger partial charge in [-0.3, -0.25) is 0 Å². The molecule has 0 radical (unpaired) electrons.